The molecule has 3 aromatic rings. The molecule has 0 saturated heterocycles. The number of nitrogens with zero attached hydrogens (tertiary/aromatic N) is 1. The van der Waals surface area contributed by atoms with Gasteiger partial charge in [0.2, 0.25) is 0 Å². The number of nitrogens with one attached hydrogen (secondary N) is 1. The number of carbonyl (C=O) groups is 2. The summed E-state index contributed by atoms with van der Waals surface area (Å²) in [7, 11) is 1.89. The molecular formula is C21H20N2O4. The van der Waals surface area contributed by atoms with Gasteiger partial charge in [-0.25, -0.2) is 0 Å². The van der Waals surface area contributed by atoms with Crippen LogP contribution in [0.3, 0.4) is 0 Å². The molecule has 2 aromatic carbocycles. The minimum Gasteiger partial charge on any atom is -0.486 e. The first-order valence-corrected chi connectivity index (χ1v) is 8.81. The lowest BCUT2D eigenvalue weighted by Crippen LogP contribution is -2.43. The molecule has 2 heterocycles. The molecule has 1 atom stereocenters. The Morgan fingerprint density at radius 1 is 1.11 bits per heavy atom. The number of aromatic nitrogens is 1. The van der Waals surface area contributed by atoms with E-state index >= 15 is 0 Å². The molecule has 0 saturated carbocycles. The van der Waals surface area contributed by atoms with E-state index in [1.165, 1.54) is 0 Å². The maximum Gasteiger partial charge on any atom is 0.292 e. The van der Waals surface area contributed by atoms with Crippen molar-refractivity contribution in [1.82, 2.24) is 9.88 Å². The number of aryl methyl sites for hydroxylation is 1. The number of hydrogen-bond acceptors (Lipinski definition) is 4. The summed E-state index contributed by atoms with van der Waals surface area (Å²) < 4.78 is 13.4. The van der Waals surface area contributed by atoms with Gasteiger partial charge < -0.3 is 19.4 Å². The second kappa shape index (κ2) is 6.79. The average molecular weight is 364 g/mol. The van der Waals surface area contributed by atoms with Crippen LogP contribution in [0.4, 0.5) is 0 Å². The van der Waals surface area contributed by atoms with E-state index in [1.54, 1.807) is 0 Å². The maximum absolute atomic E-state index is 12.8. The van der Waals surface area contributed by atoms with Crippen molar-refractivity contribution in [3.05, 3.63) is 59.8 Å². The lowest BCUT2D eigenvalue weighted by Gasteiger charge is -2.26. The van der Waals surface area contributed by atoms with Crippen LogP contribution in [0.5, 0.6) is 11.5 Å². The van der Waals surface area contributed by atoms with Gasteiger partial charge in [0.05, 0.1) is 12.1 Å². The van der Waals surface area contributed by atoms with Gasteiger partial charge in [-0.05, 0) is 25.1 Å². The Kier molecular flexibility index (Phi) is 4.32. The van der Waals surface area contributed by atoms with Crippen LogP contribution < -0.4 is 14.8 Å². The van der Waals surface area contributed by atoms with Crippen LogP contribution in [-0.4, -0.2) is 35.5 Å². The Bertz CT molecular complexity index is 1040. The maximum atomic E-state index is 12.8. The van der Waals surface area contributed by atoms with E-state index in [-0.39, 0.29) is 12.6 Å². The number of ether oxygens (including phenoxy) is 2. The second-order valence-electron chi connectivity index (χ2n) is 6.57. The van der Waals surface area contributed by atoms with Crippen LogP contribution in [0, 0.1) is 6.92 Å². The zero-order valence-electron chi connectivity index (χ0n) is 15.2. The largest absolute Gasteiger partial charge is 0.486 e. The first-order chi connectivity index (χ1) is 13.1. The lowest BCUT2D eigenvalue weighted by atomic mass is 10.1. The van der Waals surface area contributed by atoms with Crippen LogP contribution in [0.1, 0.15) is 16.1 Å². The highest BCUT2D eigenvalue weighted by atomic mass is 16.6. The van der Waals surface area contributed by atoms with Crippen LogP contribution in [0.2, 0.25) is 0 Å². The SMILES string of the molecule is Cc1c(C(=O)C(=O)NC[C@@H]2COc3ccccc3O2)c2ccccc2n1C. The van der Waals surface area contributed by atoms with Gasteiger partial charge >= 0.3 is 0 Å². The summed E-state index contributed by atoms with van der Waals surface area (Å²) in [5, 5.41) is 3.46. The highest BCUT2D eigenvalue weighted by Gasteiger charge is 2.26. The van der Waals surface area contributed by atoms with Gasteiger partial charge in [-0.1, -0.05) is 30.3 Å². The number of rotatable bonds is 4. The fourth-order valence-corrected chi connectivity index (χ4v) is 3.37. The molecular weight excluding hydrogens is 344 g/mol. The number of para-hydroxylation sites is 3. The minimum atomic E-state index is -0.642. The second-order valence-corrected chi connectivity index (χ2v) is 6.57. The lowest BCUT2D eigenvalue weighted by molar-refractivity contribution is -0.117. The Labute approximate surface area is 156 Å². The normalized spacial score (nSPS) is 15.6. The number of carbonyl (C=O) groups excluding carboxylic acids is 2. The minimum absolute atomic E-state index is 0.197. The smallest absolute Gasteiger partial charge is 0.292 e. The quantitative estimate of drug-likeness (QED) is 0.571. The summed E-state index contributed by atoms with van der Waals surface area (Å²) in [6.45, 7) is 2.36. The van der Waals surface area contributed by atoms with E-state index in [0.717, 1.165) is 16.6 Å². The molecule has 1 N–H and O–H groups in total. The summed E-state index contributed by atoms with van der Waals surface area (Å²) >= 11 is 0. The molecule has 138 valence electrons. The molecule has 0 aliphatic carbocycles. The third-order valence-corrected chi connectivity index (χ3v) is 4.89. The molecule has 1 aliphatic rings. The van der Waals surface area contributed by atoms with Gasteiger partial charge in [-0.15, -0.1) is 0 Å². The standard InChI is InChI=1S/C21H20N2O4/c1-13-19(15-7-3-4-8-16(15)23(13)2)20(24)21(25)22-11-14-12-26-17-9-5-6-10-18(17)27-14/h3-10,14H,11-12H2,1-2H3,(H,22,25)/t14-/m1/s1. The highest BCUT2D eigenvalue weighted by Crippen LogP contribution is 2.30. The Balaban J connectivity index is 1.47. The summed E-state index contributed by atoms with van der Waals surface area (Å²) in [5.41, 5.74) is 2.13. The first kappa shape index (κ1) is 17.1. The summed E-state index contributed by atoms with van der Waals surface area (Å²) in [4.78, 5) is 25.2. The molecule has 0 spiro atoms. The Morgan fingerprint density at radius 2 is 1.81 bits per heavy atom. The third-order valence-electron chi connectivity index (χ3n) is 4.89. The predicted molar refractivity (Wildman–Crippen MR) is 101 cm³/mol. The van der Waals surface area contributed by atoms with Crippen molar-refractivity contribution in [2.45, 2.75) is 13.0 Å². The van der Waals surface area contributed by atoms with Gasteiger partial charge in [0.25, 0.3) is 11.7 Å². The van der Waals surface area contributed by atoms with E-state index < -0.39 is 11.7 Å². The fraction of sp³-hybridized carbons (Fsp3) is 0.238. The van der Waals surface area contributed by atoms with Gasteiger partial charge in [0, 0.05) is 23.6 Å². The Hall–Kier alpha value is -3.28. The molecule has 1 aromatic heterocycles. The zero-order valence-corrected chi connectivity index (χ0v) is 15.2. The number of fused-ring (bicyclic) bond motifs is 2. The fourth-order valence-electron chi connectivity index (χ4n) is 3.37. The van der Waals surface area contributed by atoms with Crippen LogP contribution in [0.15, 0.2) is 48.5 Å². The molecule has 0 fully saturated rings. The van der Waals surface area contributed by atoms with Crippen molar-refractivity contribution in [2.24, 2.45) is 7.05 Å². The van der Waals surface area contributed by atoms with E-state index in [1.807, 2.05) is 67.1 Å². The molecule has 0 bridgehead atoms. The molecule has 0 unspecified atom stereocenters. The van der Waals surface area contributed by atoms with Gasteiger partial charge in [0.15, 0.2) is 11.5 Å². The molecule has 0 radical (unpaired) electrons. The van der Waals surface area contributed by atoms with Crippen molar-refractivity contribution in [2.75, 3.05) is 13.2 Å². The number of ketones is 1. The number of hydrogen-bond donors (Lipinski definition) is 1. The number of Topliss-reactive ketones (excluding diaryl/α,β-unsaturated/α-hetero) is 1. The summed E-state index contributed by atoms with van der Waals surface area (Å²) in [5.74, 6) is 0.139. The van der Waals surface area contributed by atoms with E-state index in [0.29, 0.717) is 23.7 Å². The van der Waals surface area contributed by atoms with E-state index in [2.05, 4.69) is 5.32 Å². The zero-order chi connectivity index (χ0) is 19.0. The number of amides is 1. The highest BCUT2D eigenvalue weighted by molar-refractivity contribution is 6.45. The molecule has 4 rings (SSSR count). The predicted octanol–water partition coefficient (Wildman–Crippen LogP) is 2.63. The van der Waals surface area contributed by atoms with Crippen LogP contribution in [0.25, 0.3) is 10.9 Å². The monoisotopic (exact) mass is 364 g/mol. The molecule has 1 aliphatic heterocycles. The van der Waals surface area contributed by atoms with Crippen LogP contribution in [-0.2, 0) is 11.8 Å². The molecule has 6 heteroatoms. The van der Waals surface area contributed by atoms with E-state index in [9.17, 15) is 9.59 Å². The molecule has 6 nitrogen and oxygen atoms in total. The summed E-state index contributed by atoms with van der Waals surface area (Å²) in [6.07, 6.45) is -0.342. The summed E-state index contributed by atoms with van der Waals surface area (Å²) in [6, 6.07) is 14.9. The Morgan fingerprint density at radius 3 is 2.63 bits per heavy atom. The average Bonchev–Trinajstić information content (AvgIpc) is 2.96. The molecule has 27 heavy (non-hydrogen) atoms. The van der Waals surface area contributed by atoms with E-state index in [4.69, 9.17) is 9.47 Å². The van der Waals surface area contributed by atoms with Crippen molar-refractivity contribution < 1.29 is 19.1 Å². The molecule has 1 amide bonds. The number of benzene rings is 2. The third kappa shape index (κ3) is 3.03. The van der Waals surface area contributed by atoms with Crippen molar-refractivity contribution >= 4 is 22.6 Å². The topological polar surface area (TPSA) is 69.6 Å². The van der Waals surface area contributed by atoms with Gasteiger partial charge in [-0.2, -0.15) is 0 Å². The van der Waals surface area contributed by atoms with Gasteiger partial charge in [0.1, 0.15) is 12.7 Å². The van der Waals surface area contributed by atoms with Crippen LogP contribution >= 0.6 is 0 Å². The van der Waals surface area contributed by atoms with Crippen molar-refractivity contribution in [1.29, 1.82) is 0 Å². The van der Waals surface area contributed by atoms with Crippen molar-refractivity contribution in [3.8, 4) is 11.5 Å². The first-order valence-electron chi connectivity index (χ1n) is 8.81. The van der Waals surface area contributed by atoms with Gasteiger partial charge in [-0.3, -0.25) is 9.59 Å². The van der Waals surface area contributed by atoms with Crippen molar-refractivity contribution in [3.63, 3.8) is 0 Å².